The number of carbonyl (C=O) groups excluding carboxylic acids is 1. The van der Waals surface area contributed by atoms with Crippen molar-refractivity contribution in [3.05, 3.63) is 11.5 Å². The van der Waals surface area contributed by atoms with E-state index in [2.05, 4.69) is 20.4 Å². The van der Waals surface area contributed by atoms with Crippen LogP contribution in [0, 0.1) is 0 Å². The number of hydrogen-bond acceptors (Lipinski definition) is 2. The normalized spacial score (nSPS) is 12.6. The van der Waals surface area contributed by atoms with Gasteiger partial charge in [-0.15, -0.1) is 11.8 Å². The van der Waals surface area contributed by atoms with Crippen LogP contribution in [0.5, 0.6) is 0 Å². The SMILES string of the molecule is C=C(CC)SC(C)CC(C)=O. The molecule has 0 aliphatic carbocycles. The van der Waals surface area contributed by atoms with E-state index in [1.165, 1.54) is 4.91 Å². The minimum atomic E-state index is 0.258. The Bertz CT molecular complexity index is 152. The van der Waals surface area contributed by atoms with Gasteiger partial charge < -0.3 is 0 Å². The van der Waals surface area contributed by atoms with Crippen LogP contribution < -0.4 is 0 Å². The molecule has 0 aromatic carbocycles. The third-order valence-electron chi connectivity index (χ3n) is 1.34. The molecule has 0 aromatic heterocycles. The molecule has 0 saturated carbocycles. The molecule has 11 heavy (non-hydrogen) atoms. The molecule has 1 nitrogen and oxygen atoms in total. The van der Waals surface area contributed by atoms with Crippen LogP contribution in [0.2, 0.25) is 0 Å². The Kier molecular flexibility index (Phi) is 5.30. The van der Waals surface area contributed by atoms with Crippen LogP contribution in [0.4, 0.5) is 0 Å². The zero-order chi connectivity index (χ0) is 8.85. The van der Waals surface area contributed by atoms with Gasteiger partial charge in [0.2, 0.25) is 0 Å². The van der Waals surface area contributed by atoms with Crippen molar-refractivity contribution in [1.82, 2.24) is 0 Å². The van der Waals surface area contributed by atoms with E-state index in [9.17, 15) is 4.79 Å². The highest BCUT2D eigenvalue weighted by Gasteiger charge is 2.06. The second-order valence-corrected chi connectivity index (χ2v) is 4.34. The molecule has 0 bridgehead atoms. The van der Waals surface area contributed by atoms with Gasteiger partial charge in [-0.2, -0.15) is 0 Å². The van der Waals surface area contributed by atoms with Crippen LogP contribution in [-0.2, 0) is 4.79 Å². The van der Waals surface area contributed by atoms with Crippen molar-refractivity contribution >= 4 is 17.5 Å². The Morgan fingerprint density at radius 2 is 2.18 bits per heavy atom. The lowest BCUT2D eigenvalue weighted by molar-refractivity contribution is -0.116. The number of carbonyl (C=O) groups is 1. The molecule has 0 radical (unpaired) electrons. The van der Waals surface area contributed by atoms with Gasteiger partial charge in [-0.05, 0) is 18.2 Å². The lowest BCUT2D eigenvalue weighted by Gasteiger charge is -2.09. The maximum Gasteiger partial charge on any atom is 0.130 e. The highest BCUT2D eigenvalue weighted by Crippen LogP contribution is 2.24. The van der Waals surface area contributed by atoms with Crippen molar-refractivity contribution in [1.29, 1.82) is 0 Å². The Hall–Kier alpha value is -0.240. The second kappa shape index (κ2) is 5.42. The molecule has 0 aromatic rings. The van der Waals surface area contributed by atoms with Crippen LogP contribution in [0.15, 0.2) is 11.5 Å². The minimum absolute atomic E-state index is 0.258. The van der Waals surface area contributed by atoms with Gasteiger partial charge in [-0.3, -0.25) is 4.79 Å². The van der Waals surface area contributed by atoms with E-state index in [0.717, 1.165) is 6.42 Å². The van der Waals surface area contributed by atoms with E-state index in [1.54, 1.807) is 18.7 Å². The number of ketones is 1. The predicted molar refractivity (Wildman–Crippen MR) is 51.8 cm³/mol. The smallest absolute Gasteiger partial charge is 0.130 e. The summed E-state index contributed by atoms with van der Waals surface area (Å²) < 4.78 is 0. The van der Waals surface area contributed by atoms with Crippen molar-refractivity contribution in [3.63, 3.8) is 0 Å². The molecule has 0 aliphatic rings. The molecule has 0 N–H and O–H groups in total. The topological polar surface area (TPSA) is 17.1 Å². The van der Waals surface area contributed by atoms with E-state index >= 15 is 0 Å². The quantitative estimate of drug-likeness (QED) is 0.634. The largest absolute Gasteiger partial charge is 0.300 e. The van der Waals surface area contributed by atoms with Gasteiger partial charge in [-0.25, -0.2) is 0 Å². The number of allylic oxidation sites excluding steroid dienone is 1. The van der Waals surface area contributed by atoms with E-state index in [-0.39, 0.29) is 5.78 Å². The van der Waals surface area contributed by atoms with Gasteiger partial charge in [0, 0.05) is 11.7 Å². The van der Waals surface area contributed by atoms with Crippen LogP contribution in [0.3, 0.4) is 0 Å². The first-order chi connectivity index (χ1) is 5.06. The number of hydrogen-bond donors (Lipinski definition) is 0. The number of rotatable bonds is 5. The second-order valence-electron chi connectivity index (χ2n) is 2.73. The Balaban J connectivity index is 3.60. The Labute approximate surface area is 73.3 Å². The molecule has 0 amide bonds. The summed E-state index contributed by atoms with van der Waals surface area (Å²) in [7, 11) is 0. The summed E-state index contributed by atoms with van der Waals surface area (Å²) >= 11 is 1.71. The van der Waals surface area contributed by atoms with Crippen molar-refractivity contribution in [2.75, 3.05) is 0 Å². The summed E-state index contributed by atoms with van der Waals surface area (Å²) in [5, 5.41) is 0.389. The molecular formula is C9H16OS. The van der Waals surface area contributed by atoms with E-state index in [4.69, 9.17) is 0 Å². The first kappa shape index (κ1) is 10.8. The molecule has 1 atom stereocenters. The summed E-state index contributed by atoms with van der Waals surface area (Å²) in [6.07, 6.45) is 1.65. The molecule has 0 saturated heterocycles. The molecular weight excluding hydrogens is 156 g/mol. The minimum Gasteiger partial charge on any atom is -0.300 e. The summed E-state index contributed by atoms with van der Waals surface area (Å²) in [4.78, 5) is 11.8. The van der Waals surface area contributed by atoms with Crippen molar-refractivity contribution in [2.45, 2.75) is 38.9 Å². The average Bonchev–Trinajstić information content (AvgIpc) is 1.85. The summed E-state index contributed by atoms with van der Waals surface area (Å²) in [5.74, 6) is 0.258. The third-order valence-corrected chi connectivity index (χ3v) is 2.53. The van der Waals surface area contributed by atoms with Gasteiger partial charge in [0.05, 0.1) is 0 Å². The summed E-state index contributed by atoms with van der Waals surface area (Å²) in [6.45, 7) is 9.64. The maximum atomic E-state index is 10.7. The highest BCUT2D eigenvalue weighted by molar-refractivity contribution is 8.03. The monoisotopic (exact) mass is 172 g/mol. The van der Waals surface area contributed by atoms with Gasteiger partial charge in [-0.1, -0.05) is 20.4 Å². The first-order valence-electron chi connectivity index (χ1n) is 3.90. The first-order valence-corrected chi connectivity index (χ1v) is 4.78. The van der Waals surface area contributed by atoms with Crippen molar-refractivity contribution in [2.24, 2.45) is 0 Å². The molecule has 0 fully saturated rings. The van der Waals surface area contributed by atoms with Gasteiger partial charge in [0.25, 0.3) is 0 Å². The molecule has 0 spiro atoms. The van der Waals surface area contributed by atoms with Gasteiger partial charge in [0.1, 0.15) is 5.78 Å². The van der Waals surface area contributed by atoms with Crippen molar-refractivity contribution in [3.8, 4) is 0 Å². The number of thioether (sulfide) groups is 1. The molecule has 0 heterocycles. The molecule has 1 unspecified atom stereocenters. The molecule has 0 rings (SSSR count). The third kappa shape index (κ3) is 6.17. The van der Waals surface area contributed by atoms with Gasteiger partial charge >= 0.3 is 0 Å². The summed E-state index contributed by atoms with van der Waals surface area (Å²) in [5.41, 5.74) is 0. The Morgan fingerprint density at radius 1 is 1.64 bits per heavy atom. The highest BCUT2D eigenvalue weighted by atomic mass is 32.2. The Morgan fingerprint density at radius 3 is 2.55 bits per heavy atom. The van der Waals surface area contributed by atoms with Crippen LogP contribution in [-0.4, -0.2) is 11.0 Å². The average molecular weight is 172 g/mol. The van der Waals surface area contributed by atoms with Crippen LogP contribution in [0.1, 0.15) is 33.6 Å². The fraction of sp³-hybridized carbons (Fsp3) is 0.667. The lowest BCUT2D eigenvalue weighted by Crippen LogP contribution is -2.02. The van der Waals surface area contributed by atoms with E-state index in [0.29, 0.717) is 11.7 Å². The van der Waals surface area contributed by atoms with Crippen LogP contribution >= 0.6 is 11.8 Å². The van der Waals surface area contributed by atoms with E-state index < -0.39 is 0 Å². The predicted octanol–water partition coefficient (Wildman–Crippen LogP) is 3.01. The lowest BCUT2D eigenvalue weighted by atomic mass is 10.2. The van der Waals surface area contributed by atoms with Crippen molar-refractivity contribution < 1.29 is 4.79 Å². The van der Waals surface area contributed by atoms with Crippen LogP contribution in [0.25, 0.3) is 0 Å². The van der Waals surface area contributed by atoms with E-state index in [1.807, 2.05) is 0 Å². The fourth-order valence-corrected chi connectivity index (χ4v) is 1.87. The zero-order valence-corrected chi connectivity index (χ0v) is 8.33. The molecule has 2 heteroatoms. The zero-order valence-electron chi connectivity index (χ0n) is 7.52. The summed E-state index contributed by atoms with van der Waals surface area (Å²) in [6, 6.07) is 0. The number of Topliss-reactive ketones (excluding diaryl/α,β-unsaturated/α-hetero) is 1. The molecule has 0 aliphatic heterocycles. The molecule has 64 valence electrons. The fourth-order valence-electron chi connectivity index (χ4n) is 0.814. The standard InChI is InChI=1S/C9H16OS/c1-5-8(3)11-9(4)6-7(2)10/h9H,3,5-6H2,1-2,4H3. The maximum absolute atomic E-state index is 10.7. The van der Waals surface area contributed by atoms with Gasteiger partial charge in [0.15, 0.2) is 0 Å².